The third-order valence-corrected chi connectivity index (χ3v) is 6.61. The number of piperazine rings is 1. The topological polar surface area (TPSA) is 37.7 Å². The van der Waals surface area contributed by atoms with Gasteiger partial charge in [0, 0.05) is 25.0 Å². The largest absolute Gasteiger partial charge is 1.00 e. The second-order valence-electron chi connectivity index (χ2n) is 9.91. The van der Waals surface area contributed by atoms with Gasteiger partial charge >= 0.3 is 51.4 Å². The maximum absolute atomic E-state index is 13.1. The predicted molar refractivity (Wildman–Crippen MR) is 106 cm³/mol. The number of rotatable bonds is 6. The van der Waals surface area contributed by atoms with Gasteiger partial charge in [0.1, 0.15) is 0 Å². The Kier molecular flexibility index (Phi) is 10.3. The molecule has 0 bridgehead atoms. The minimum absolute atomic E-state index is 0. The van der Waals surface area contributed by atoms with Crippen LogP contribution in [-0.2, 0) is 4.79 Å². The molecule has 0 aliphatic carbocycles. The van der Waals surface area contributed by atoms with Crippen LogP contribution in [0.25, 0.3) is 5.32 Å². The molecule has 4 nitrogen and oxygen atoms in total. The molecule has 2 fully saturated rings. The molecule has 0 aromatic rings. The molecule has 0 N–H and O–H groups in total. The van der Waals surface area contributed by atoms with E-state index in [1.807, 2.05) is 0 Å². The SMILES string of the molecule is CC(C)C(C)(C)CC(C)(C)C(=O)N1CCC(CN2CC[N-]CC2)CC1.[K+]. The van der Waals surface area contributed by atoms with Crippen molar-refractivity contribution in [3.63, 3.8) is 0 Å². The van der Waals surface area contributed by atoms with Crippen molar-refractivity contribution >= 4 is 5.91 Å². The fourth-order valence-corrected chi connectivity index (χ4v) is 4.36. The Labute approximate surface area is 204 Å². The molecule has 0 aromatic heterocycles. The van der Waals surface area contributed by atoms with Crippen LogP contribution in [0.3, 0.4) is 0 Å². The number of carbonyl (C=O) groups is 1. The molecule has 146 valence electrons. The molecule has 0 saturated carbocycles. The van der Waals surface area contributed by atoms with Crippen molar-refractivity contribution < 1.29 is 56.2 Å². The van der Waals surface area contributed by atoms with Gasteiger partial charge in [-0.25, -0.2) is 0 Å². The summed E-state index contributed by atoms with van der Waals surface area (Å²) in [5.41, 5.74) is -0.0776. The van der Waals surface area contributed by atoms with Crippen LogP contribution in [0, 0.1) is 22.7 Å². The smallest absolute Gasteiger partial charge is 0.660 e. The van der Waals surface area contributed by atoms with Gasteiger partial charge in [0.05, 0.1) is 0 Å². The van der Waals surface area contributed by atoms with Gasteiger partial charge in [0.2, 0.25) is 5.91 Å². The van der Waals surface area contributed by atoms with Gasteiger partial charge < -0.3 is 15.1 Å². The summed E-state index contributed by atoms with van der Waals surface area (Å²) in [5.74, 6) is 1.69. The molecule has 2 aliphatic rings. The Morgan fingerprint density at radius 2 is 1.58 bits per heavy atom. The van der Waals surface area contributed by atoms with E-state index in [0.29, 0.717) is 11.8 Å². The van der Waals surface area contributed by atoms with Gasteiger partial charge in [-0.05, 0) is 49.6 Å². The van der Waals surface area contributed by atoms with Crippen molar-refractivity contribution in [2.24, 2.45) is 22.7 Å². The molecule has 0 radical (unpaired) electrons. The third-order valence-electron chi connectivity index (χ3n) is 6.61. The van der Waals surface area contributed by atoms with Crippen LogP contribution >= 0.6 is 0 Å². The molecular formula is C21H40KN3O. The Bertz CT molecular complexity index is 437. The zero-order chi connectivity index (χ0) is 18.7. The zero-order valence-corrected chi connectivity index (χ0v) is 21.6. The van der Waals surface area contributed by atoms with E-state index in [0.717, 1.165) is 64.4 Å². The first-order valence-corrected chi connectivity index (χ1v) is 10.3. The summed E-state index contributed by atoms with van der Waals surface area (Å²) in [4.78, 5) is 17.8. The Balaban J connectivity index is 0.00000338. The fourth-order valence-electron chi connectivity index (χ4n) is 4.36. The molecule has 0 unspecified atom stereocenters. The molecule has 26 heavy (non-hydrogen) atoms. The molecule has 2 rings (SSSR count). The standard InChI is InChI=1S/C21H40N3O.K/c1-17(2)20(3,4)16-21(5,6)19(25)24-11-7-18(8-12-24)15-23-13-9-22-10-14-23;/h17-18H,7-16H2,1-6H3;/q-1;+1. The molecule has 5 heteroatoms. The third kappa shape index (κ3) is 7.13. The van der Waals surface area contributed by atoms with Crippen LogP contribution < -0.4 is 51.4 Å². The minimum Gasteiger partial charge on any atom is -0.660 e. The molecule has 2 saturated heterocycles. The number of piperidine rings is 1. The number of nitrogens with zero attached hydrogens (tertiary/aromatic N) is 3. The van der Waals surface area contributed by atoms with Crippen LogP contribution in [-0.4, -0.2) is 61.5 Å². The number of likely N-dealkylation sites (tertiary alicyclic amines) is 1. The molecular weight excluding hydrogens is 349 g/mol. The minimum atomic E-state index is -0.269. The molecule has 2 heterocycles. The van der Waals surface area contributed by atoms with Gasteiger partial charge in [0.25, 0.3) is 0 Å². The summed E-state index contributed by atoms with van der Waals surface area (Å²) in [6, 6.07) is 0. The zero-order valence-electron chi connectivity index (χ0n) is 18.5. The number of hydrogen-bond acceptors (Lipinski definition) is 2. The van der Waals surface area contributed by atoms with E-state index < -0.39 is 0 Å². The van der Waals surface area contributed by atoms with Crippen molar-refractivity contribution in [1.29, 1.82) is 0 Å². The Morgan fingerprint density at radius 3 is 2.08 bits per heavy atom. The van der Waals surface area contributed by atoms with Crippen LogP contribution in [0.2, 0.25) is 0 Å². The van der Waals surface area contributed by atoms with E-state index in [1.54, 1.807) is 0 Å². The van der Waals surface area contributed by atoms with Crippen molar-refractivity contribution in [1.82, 2.24) is 9.80 Å². The molecule has 0 atom stereocenters. The normalized spacial score (nSPS) is 21.0. The molecule has 0 aromatic carbocycles. The van der Waals surface area contributed by atoms with E-state index in [-0.39, 0.29) is 62.2 Å². The monoisotopic (exact) mass is 389 g/mol. The van der Waals surface area contributed by atoms with Crippen molar-refractivity contribution in [2.45, 2.75) is 60.8 Å². The van der Waals surface area contributed by atoms with Gasteiger partial charge in [-0.15, -0.1) is 13.1 Å². The van der Waals surface area contributed by atoms with Crippen molar-refractivity contribution in [2.75, 3.05) is 45.8 Å². The first-order chi connectivity index (χ1) is 11.6. The van der Waals surface area contributed by atoms with Crippen LogP contribution in [0.1, 0.15) is 60.8 Å². The summed E-state index contributed by atoms with van der Waals surface area (Å²) in [5, 5.41) is 4.43. The van der Waals surface area contributed by atoms with E-state index in [9.17, 15) is 4.79 Å². The average molecular weight is 390 g/mol. The second-order valence-corrected chi connectivity index (χ2v) is 9.91. The Hall–Kier alpha value is 1.03. The van der Waals surface area contributed by atoms with E-state index in [1.165, 1.54) is 6.54 Å². The van der Waals surface area contributed by atoms with E-state index in [2.05, 4.69) is 56.7 Å². The van der Waals surface area contributed by atoms with Gasteiger partial charge in [-0.2, -0.15) is 0 Å². The van der Waals surface area contributed by atoms with E-state index in [4.69, 9.17) is 0 Å². The maximum Gasteiger partial charge on any atom is 1.00 e. The van der Waals surface area contributed by atoms with Crippen LogP contribution in [0.15, 0.2) is 0 Å². The summed E-state index contributed by atoms with van der Waals surface area (Å²) in [6.07, 6.45) is 3.26. The summed E-state index contributed by atoms with van der Waals surface area (Å²) in [6.45, 7) is 20.7. The molecule has 2 aliphatic heterocycles. The van der Waals surface area contributed by atoms with Gasteiger partial charge in [0.15, 0.2) is 0 Å². The predicted octanol–water partition coefficient (Wildman–Crippen LogP) is 1.02. The van der Waals surface area contributed by atoms with Crippen LogP contribution in [0.5, 0.6) is 0 Å². The summed E-state index contributed by atoms with van der Waals surface area (Å²) in [7, 11) is 0. The van der Waals surface area contributed by atoms with E-state index >= 15 is 0 Å². The van der Waals surface area contributed by atoms with Crippen molar-refractivity contribution in [3.8, 4) is 0 Å². The van der Waals surface area contributed by atoms with Gasteiger partial charge in [-0.3, -0.25) is 4.79 Å². The number of hydrogen-bond donors (Lipinski definition) is 0. The Morgan fingerprint density at radius 1 is 1.04 bits per heavy atom. The molecule has 0 spiro atoms. The average Bonchev–Trinajstić information content (AvgIpc) is 2.55. The second kappa shape index (κ2) is 10.7. The van der Waals surface area contributed by atoms with Crippen LogP contribution in [0.4, 0.5) is 0 Å². The first kappa shape index (κ1) is 25.1. The summed E-state index contributed by atoms with van der Waals surface area (Å²) >= 11 is 0. The van der Waals surface area contributed by atoms with Crippen molar-refractivity contribution in [3.05, 3.63) is 5.32 Å². The number of carbonyl (C=O) groups excluding carboxylic acids is 1. The number of amides is 1. The molecule has 1 amide bonds. The van der Waals surface area contributed by atoms with Gasteiger partial charge in [-0.1, -0.05) is 41.5 Å². The summed E-state index contributed by atoms with van der Waals surface area (Å²) < 4.78 is 0. The fraction of sp³-hybridized carbons (Fsp3) is 0.952. The quantitative estimate of drug-likeness (QED) is 0.636. The maximum atomic E-state index is 13.1. The first-order valence-electron chi connectivity index (χ1n) is 10.3.